The molecule has 0 rings (SSSR count). The van der Waals surface area contributed by atoms with Crippen LogP contribution in [0.25, 0.3) is 0 Å². The number of aliphatic hydroxyl groups is 3. The average Bonchev–Trinajstić information content (AvgIpc) is 2.91. The highest BCUT2D eigenvalue weighted by molar-refractivity contribution is 7.51. The van der Waals surface area contributed by atoms with Crippen LogP contribution >= 0.6 is 7.60 Å². The highest BCUT2D eigenvalue weighted by Gasteiger charge is 2.37. The third-order valence-electron chi connectivity index (χ3n) is 7.17. The van der Waals surface area contributed by atoms with Gasteiger partial charge in [0, 0.05) is 19.3 Å². The van der Waals surface area contributed by atoms with E-state index in [-0.39, 0.29) is 36.9 Å². The molecule has 0 saturated heterocycles. The summed E-state index contributed by atoms with van der Waals surface area (Å²) in [6, 6.07) is 0. The lowest BCUT2D eigenvalue weighted by molar-refractivity contribution is -0.904. The zero-order valence-electron chi connectivity index (χ0n) is 26.3. The van der Waals surface area contributed by atoms with Crippen molar-refractivity contribution < 1.29 is 43.3 Å². The number of hydrogen-bond donors (Lipinski definition) is 3. The van der Waals surface area contributed by atoms with E-state index in [0.29, 0.717) is 0 Å². The summed E-state index contributed by atoms with van der Waals surface area (Å²) in [5, 5.41) is 28.3. The molecule has 0 heterocycles. The summed E-state index contributed by atoms with van der Waals surface area (Å²) < 4.78 is 22.9. The number of carbonyl (C=O) groups excluding carboxylic acids is 1. The minimum absolute atomic E-state index is 0.00525. The first kappa shape index (κ1) is 39.9. The van der Waals surface area contributed by atoms with Crippen LogP contribution in [0.2, 0.25) is 0 Å². The third kappa shape index (κ3) is 22.2. The van der Waals surface area contributed by atoms with Gasteiger partial charge in [-0.1, -0.05) is 70.3 Å². The Labute approximate surface area is 249 Å². The van der Waals surface area contributed by atoms with Crippen LogP contribution in [0.1, 0.15) is 117 Å². The van der Waals surface area contributed by atoms with Crippen LogP contribution in [0.3, 0.4) is 0 Å². The van der Waals surface area contributed by atoms with Gasteiger partial charge in [-0.2, -0.15) is 0 Å². The lowest BCUT2D eigenvalue weighted by Gasteiger charge is -2.43. The van der Waals surface area contributed by atoms with E-state index in [2.05, 4.69) is 31.2 Å². The van der Waals surface area contributed by atoms with Crippen LogP contribution in [0.4, 0.5) is 0 Å². The smallest absolute Gasteiger partial charge is 0.305 e. The molecule has 242 valence electrons. The second kappa shape index (κ2) is 24.4. The number of rotatable bonds is 27. The second-order valence-electron chi connectivity index (χ2n) is 11.5. The SMILES string of the molecule is CCC/C=C\CCCC/C=C\CCCCCCCCC(=O)OC[C@@H](O)COP(=O)([O-])C(CC)[N+](C)(C)CCC(O)O. The van der Waals surface area contributed by atoms with Crippen molar-refractivity contribution in [2.45, 2.75) is 135 Å². The van der Waals surface area contributed by atoms with E-state index in [0.717, 1.165) is 38.5 Å². The average molecular weight is 606 g/mol. The number of esters is 1. The van der Waals surface area contributed by atoms with Gasteiger partial charge in [-0.25, -0.2) is 0 Å². The Bertz CT molecular complexity index is 756. The summed E-state index contributed by atoms with van der Waals surface area (Å²) in [7, 11) is -1.02. The van der Waals surface area contributed by atoms with E-state index in [1.165, 1.54) is 44.9 Å². The molecule has 3 N–H and O–H groups in total. The second-order valence-corrected chi connectivity index (χ2v) is 13.4. The molecule has 0 aromatic carbocycles. The summed E-state index contributed by atoms with van der Waals surface area (Å²) in [4.78, 5) is 24.7. The van der Waals surface area contributed by atoms with Crippen LogP contribution in [0.5, 0.6) is 0 Å². The predicted octanol–water partition coefficient (Wildman–Crippen LogP) is 5.57. The molecule has 0 radical (unpaired) electrons. The van der Waals surface area contributed by atoms with Gasteiger partial charge in [0.05, 0.1) is 27.2 Å². The standard InChI is InChI=1S/C31H60NO8P/c1-5-7-8-9-10-11-12-13-14-15-16-17-18-19-20-21-22-23-31(36)39-26-28(33)27-40-41(37,38)29(6-2)32(3,4)25-24-30(34)35/h8-9,14-15,28-30,33-35H,5-7,10-13,16-27H2,1-4H3/b9-8-,15-14-/t28-,29?/m1/s1. The number of allylic oxidation sites excluding steroid dienone is 4. The Balaban J connectivity index is 3.90. The highest BCUT2D eigenvalue weighted by Crippen LogP contribution is 2.48. The molecule has 0 bridgehead atoms. The zero-order chi connectivity index (χ0) is 31.0. The van der Waals surface area contributed by atoms with Crippen molar-refractivity contribution in [2.24, 2.45) is 0 Å². The maximum absolute atomic E-state index is 12.7. The normalized spacial score (nSPS) is 15.5. The van der Waals surface area contributed by atoms with Gasteiger partial charge in [-0.05, 0) is 51.4 Å². The molecule has 0 aliphatic heterocycles. The first-order chi connectivity index (χ1) is 19.5. The van der Waals surface area contributed by atoms with Gasteiger partial charge in [0.25, 0.3) is 0 Å². The van der Waals surface area contributed by atoms with Crippen molar-refractivity contribution in [2.75, 3.05) is 33.9 Å². The van der Waals surface area contributed by atoms with Crippen LogP contribution in [0.15, 0.2) is 24.3 Å². The first-order valence-electron chi connectivity index (χ1n) is 15.7. The Morgan fingerprint density at radius 2 is 1.34 bits per heavy atom. The van der Waals surface area contributed by atoms with E-state index < -0.39 is 38.3 Å². The minimum Gasteiger partial charge on any atom is -0.774 e. The van der Waals surface area contributed by atoms with Crippen LogP contribution in [0, 0.1) is 0 Å². The molecule has 0 aliphatic rings. The Morgan fingerprint density at radius 1 is 0.829 bits per heavy atom. The number of carbonyl (C=O) groups is 1. The molecule has 9 nitrogen and oxygen atoms in total. The fraction of sp³-hybridized carbons (Fsp3) is 0.839. The van der Waals surface area contributed by atoms with Gasteiger partial charge in [-0.3, -0.25) is 4.79 Å². The van der Waals surface area contributed by atoms with Gasteiger partial charge in [-0.15, -0.1) is 0 Å². The molecule has 2 unspecified atom stereocenters. The minimum atomic E-state index is -4.38. The Kier molecular flexibility index (Phi) is 23.8. The number of quaternary nitrogens is 1. The van der Waals surface area contributed by atoms with Crippen molar-refractivity contribution in [1.29, 1.82) is 0 Å². The van der Waals surface area contributed by atoms with E-state index in [1.807, 2.05) is 0 Å². The van der Waals surface area contributed by atoms with Crippen LogP contribution in [-0.4, -0.2) is 77.8 Å². The number of hydrogen-bond acceptors (Lipinski definition) is 8. The van der Waals surface area contributed by atoms with Gasteiger partial charge >= 0.3 is 5.97 Å². The molecule has 41 heavy (non-hydrogen) atoms. The zero-order valence-corrected chi connectivity index (χ0v) is 27.1. The fourth-order valence-corrected chi connectivity index (χ4v) is 6.56. The maximum atomic E-state index is 12.7. The molecule has 0 amide bonds. The fourth-order valence-electron chi connectivity index (χ4n) is 4.68. The maximum Gasteiger partial charge on any atom is 0.305 e. The number of ether oxygens (including phenoxy) is 1. The molecule has 0 aromatic heterocycles. The van der Waals surface area contributed by atoms with E-state index in [9.17, 15) is 19.4 Å². The molecule has 3 atom stereocenters. The van der Waals surface area contributed by atoms with Gasteiger partial charge in [0.2, 0.25) is 0 Å². The monoisotopic (exact) mass is 605 g/mol. The first-order valence-corrected chi connectivity index (χ1v) is 17.3. The molecular weight excluding hydrogens is 545 g/mol. The summed E-state index contributed by atoms with van der Waals surface area (Å²) in [5.41, 5.74) is 0. The van der Waals surface area contributed by atoms with Crippen molar-refractivity contribution in [3.63, 3.8) is 0 Å². The largest absolute Gasteiger partial charge is 0.774 e. The summed E-state index contributed by atoms with van der Waals surface area (Å²) in [5.74, 6) is -1.33. The van der Waals surface area contributed by atoms with Crippen molar-refractivity contribution >= 4 is 13.6 Å². The Hall–Kier alpha value is -1.06. The lowest BCUT2D eigenvalue weighted by Crippen LogP contribution is -2.51. The number of nitrogens with zero attached hydrogens (tertiary/aromatic N) is 1. The molecule has 0 aliphatic carbocycles. The third-order valence-corrected chi connectivity index (χ3v) is 9.40. The van der Waals surface area contributed by atoms with Crippen molar-refractivity contribution in [3.05, 3.63) is 24.3 Å². The van der Waals surface area contributed by atoms with E-state index in [4.69, 9.17) is 19.5 Å². The highest BCUT2D eigenvalue weighted by atomic mass is 31.2. The molecule has 0 saturated carbocycles. The van der Waals surface area contributed by atoms with Gasteiger partial charge in [0.1, 0.15) is 12.7 Å². The predicted molar refractivity (Wildman–Crippen MR) is 163 cm³/mol. The molecule has 0 spiro atoms. The number of aliphatic hydroxyl groups excluding tert-OH is 2. The molecule has 10 heteroatoms. The Morgan fingerprint density at radius 3 is 1.88 bits per heavy atom. The van der Waals surface area contributed by atoms with Gasteiger partial charge in [0.15, 0.2) is 19.7 Å². The van der Waals surface area contributed by atoms with Crippen LogP contribution < -0.4 is 4.89 Å². The topological polar surface area (TPSA) is 136 Å². The van der Waals surface area contributed by atoms with E-state index >= 15 is 0 Å². The number of unbranched alkanes of at least 4 members (excludes halogenated alkanes) is 10. The van der Waals surface area contributed by atoms with Crippen molar-refractivity contribution in [3.8, 4) is 0 Å². The van der Waals surface area contributed by atoms with Crippen LogP contribution in [-0.2, 0) is 18.6 Å². The van der Waals surface area contributed by atoms with Crippen molar-refractivity contribution in [1.82, 2.24) is 0 Å². The van der Waals surface area contributed by atoms with E-state index in [1.54, 1.807) is 21.0 Å². The summed E-state index contributed by atoms with van der Waals surface area (Å²) >= 11 is 0. The molecule has 0 fully saturated rings. The lowest BCUT2D eigenvalue weighted by atomic mass is 10.1. The summed E-state index contributed by atoms with van der Waals surface area (Å²) in [6.45, 7) is 3.31. The van der Waals surface area contributed by atoms with Gasteiger partial charge < -0.3 is 38.5 Å². The molecular formula is C31H60NO8P. The molecule has 0 aromatic rings. The summed E-state index contributed by atoms with van der Waals surface area (Å²) in [6.07, 6.45) is 21.6. The quantitative estimate of drug-likeness (QED) is 0.0276.